The number of amides is 1. The smallest absolute Gasteiger partial charge is 0.270 e. The van der Waals surface area contributed by atoms with E-state index in [2.05, 4.69) is 27.4 Å². The Labute approximate surface area is 167 Å². The number of carbonyl (C=O) groups is 1. The Morgan fingerprint density at radius 2 is 1.93 bits per heavy atom. The number of hydrogen-bond donors (Lipinski definition) is 1. The zero-order valence-corrected chi connectivity index (χ0v) is 17.1. The number of fused-ring (bicyclic) bond motifs is 1. The summed E-state index contributed by atoms with van der Waals surface area (Å²) in [6, 6.07) is 3.62. The van der Waals surface area contributed by atoms with Gasteiger partial charge in [-0.2, -0.15) is 0 Å². The van der Waals surface area contributed by atoms with Gasteiger partial charge in [0.15, 0.2) is 0 Å². The molecule has 0 spiro atoms. The molecule has 0 bridgehead atoms. The average Bonchev–Trinajstić information content (AvgIpc) is 3.12. The Morgan fingerprint density at radius 1 is 1.14 bits per heavy atom. The molecule has 0 fully saturated rings. The summed E-state index contributed by atoms with van der Waals surface area (Å²) in [7, 11) is 0. The molecule has 3 heterocycles. The van der Waals surface area contributed by atoms with Gasteiger partial charge in [-0.05, 0) is 25.0 Å². The standard InChI is InChI=1S/C20H25N5O2S/c1-3-4-5-6-7-8-9-17-23-24-20(28-17)22-18(26)15-12-21-16-11-10-14(2)13-25(16)19(15)27/h10-13H,3-9H2,1-2H3,(H,22,24,26). The topological polar surface area (TPSA) is 89.2 Å². The van der Waals surface area contributed by atoms with Crippen LogP contribution in [0.25, 0.3) is 5.65 Å². The van der Waals surface area contributed by atoms with E-state index < -0.39 is 11.5 Å². The van der Waals surface area contributed by atoms with Crippen LogP contribution in [0.15, 0.2) is 29.3 Å². The van der Waals surface area contributed by atoms with E-state index in [9.17, 15) is 9.59 Å². The molecule has 7 nitrogen and oxygen atoms in total. The monoisotopic (exact) mass is 399 g/mol. The van der Waals surface area contributed by atoms with Crippen molar-refractivity contribution in [1.82, 2.24) is 19.6 Å². The summed E-state index contributed by atoms with van der Waals surface area (Å²) in [6.45, 7) is 4.09. The van der Waals surface area contributed by atoms with Gasteiger partial charge in [-0.1, -0.05) is 56.4 Å². The second kappa shape index (κ2) is 9.54. The molecule has 0 radical (unpaired) electrons. The Morgan fingerprint density at radius 3 is 2.75 bits per heavy atom. The highest BCUT2D eigenvalue weighted by atomic mass is 32.1. The molecule has 0 aliphatic heterocycles. The average molecular weight is 400 g/mol. The van der Waals surface area contributed by atoms with Gasteiger partial charge in [-0.3, -0.25) is 19.3 Å². The molecule has 0 aromatic carbocycles. The van der Waals surface area contributed by atoms with E-state index in [1.54, 1.807) is 12.3 Å². The minimum absolute atomic E-state index is 0.0178. The first-order valence-corrected chi connectivity index (χ1v) is 10.5. The molecule has 0 atom stereocenters. The summed E-state index contributed by atoms with van der Waals surface area (Å²) < 4.78 is 1.38. The van der Waals surface area contributed by atoms with Crippen molar-refractivity contribution in [1.29, 1.82) is 0 Å². The first kappa shape index (κ1) is 20.1. The maximum absolute atomic E-state index is 12.6. The van der Waals surface area contributed by atoms with E-state index in [4.69, 9.17) is 0 Å². The van der Waals surface area contributed by atoms with Gasteiger partial charge in [0, 0.05) is 18.8 Å². The van der Waals surface area contributed by atoms with Gasteiger partial charge in [0.25, 0.3) is 11.5 Å². The van der Waals surface area contributed by atoms with Crippen LogP contribution in [-0.4, -0.2) is 25.5 Å². The number of hydrogen-bond acceptors (Lipinski definition) is 6. The van der Waals surface area contributed by atoms with E-state index >= 15 is 0 Å². The minimum Gasteiger partial charge on any atom is -0.296 e. The molecule has 148 valence electrons. The van der Waals surface area contributed by atoms with Gasteiger partial charge in [0.2, 0.25) is 5.13 Å². The van der Waals surface area contributed by atoms with Gasteiger partial charge < -0.3 is 0 Å². The summed E-state index contributed by atoms with van der Waals surface area (Å²) in [5, 5.41) is 12.1. The third-order valence-electron chi connectivity index (χ3n) is 4.53. The van der Waals surface area contributed by atoms with Crippen molar-refractivity contribution in [3.8, 4) is 0 Å². The highest BCUT2D eigenvalue weighted by Crippen LogP contribution is 2.18. The van der Waals surface area contributed by atoms with Crippen LogP contribution in [0.5, 0.6) is 0 Å². The second-order valence-electron chi connectivity index (χ2n) is 6.88. The molecule has 1 N–H and O–H groups in total. The van der Waals surface area contributed by atoms with Crippen LogP contribution in [0.1, 0.15) is 66.4 Å². The van der Waals surface area contributed by atoms with Crippen molar-refractivity contribution < 1.29 is 4.79 Å². The van der Waals surface area contributed by atoms with Crippen molar-refractivity contribution in [3.05, 3.63) is 51.0 Å². The SMILES string of the molecule is CCCCCCCCc1nnc(NC(=O)c2cnc3ccc(C)cn3c2=O)s1. The number of nitrogens with zero attached hydrogens (tertiary/aromatic N) is 4. The molecule has 3 aromatic rings. The highest BCUT2D eigenvalue weighted by molar-refractivity contribution is 7.15. The van der Waals surface area contributed by atoms with Gasteiger partial charge in [0.05, 0.1) is 0 Å². The number of rotatable bonds is 9. The zero-order valence-electron chi connectivity index (χ0n) is 16.3. The maximum Gasteiger partial charge on any atom is 0.270 e. The van der Waals surface area contributed by atoms with E-state index in [0.29, 0.717) is 10.8 Å². The third kappa shape index (κ3) is 5.01. The van der Waals surface area contributed by atoms with Crippen LogP contribution in [-0.2, 0) is 6.42 Å². The van der Waals surface area contributed by atoms with Crippen LogP contribution in [0, 0.1) is 6.92 Å². The fourth-order valence-corrected chi connectivity index (χ4v) is 3.74. The van der Waals surface area contributed by atoms with Crippen LogP contribution in [0.2, 0.25) is 0 Å². The number of carbonyl (C=O) groups excluding carboxylic acids is 1. The lowest BCUT2D eigenvalue weighted by molar-refractivity contribution is 0.102. The zero-order chi connectivity index (χ0) is 19.9. The summed E-state index contributed by atoms with van der Waals surface area (Å²) in [6.07, 6.45) is 11.2. The molecular weight excluding hydrogens is 374 g/mol. The van der Waals surface area contributed by atoms with Crippen LogP contribution < -0.4 is 10.9 Å². The van der Waals surface area contributed by atoms with E-state index in [1.807, 2.05) is 13.0 Å². The van der Waals surface area contributed by atoms with Crippen molar-refractivity contribution in [3.63, 3.8) is 0 Å². The second-order valence-corrected chi connectivity index (χ2v) is 7.95. The van der Waals surface area contributed by atoms with Crippen LogP contribution >= 0.6 is 11.3 Å². The quantitative estimate of drug-likeness (QED) is 0.549. The molecule has 3 aromatic heterocycles. The number of aryl methyl sites for hydroxylation is 2. The molecule has 0 saturated carbocycles. The Kier molecular flexibility index (Phi) is 6.86. The van der Waals surface area contributed by atoms with Crippen molar-refractivity contribution in [2.75, 3.05) is 5.32 Å². The largest absolute Gasteiger partial charge is 0.296 e. The lowest BCUT2D eigenvalue weighted by atomic mass is 10.1. The van der Waals surface area contributed by atoms with Crippen molar-refractivity contribution in [2.24, 2.45) is 0 Å². The molecule has 0 aliphatic rings. The number of anilines is 1. The summed E-state index contributed by atoms with van der Waals surface area (Å²) in [4.78, 5) is 29.3. The summed E-state index contributed by atoms with van der Waals surface area (Å²) in [5.41, 5.74) is 1.00. The van der Waals surface area contributed by atoms with E-state index in [-0.39, 0.29) is 5.56 Å². The molecular formula is C20H25N5O2S. The van der Waals surface area contributed by atoms with Crippen LogP contribution in [0.4, 0.5) is 5.13 Å². The number of nitrogens with one attached hydrogen (secondary N) is 1. The Balaban J connectivity index is 1.61. The fourth-order valence-electron chi connectivity index (χ4n) is 2.96. The molecule has 3 rings (SSSR count). The first-order chi connectivity index (χ1) is 13.6. The van der Waals surface area contributed by atoms with Gasteiger partial charge in [-0.15, -0.1) is 10.2 Å². The number of unbranched alkanes of at least 4 members (excludes halogenated alkanes) is 5. The van der Waals surface area contributed by atoms with E-state index in [0.717, 1.165) is 23.4 Å². The normalized spacial score (nSPS) is 11.1. The first-order valence-electron chi connectivity index (χ1n) is 9.70. The lowest BCUT2D eigenvalue weighted by Crippen LogP contribution is -2.26. The Hall–Kier alpha value is -2.61. The molecule has 0 saturated heterocycles. The van der Waals surface area contributed by atoms with Gasteiger partial charge in [0.1, 0.15) is 16.2 Å². The summed E-state index contributed by atoms with van der Waals surface area (Å²) >= 11 is 1.35. The molecule has 1 amide bonds. The van der Waals surface area contributed by atoms with Gasteiger partial charge >= 0.3 is 0 Å². The molecule has 28 heavy (non-hydrogen) atoms. The third-order valence-corrected chi connectivity index (χ3v) is 5.42. The lowest BCUT2D eigenvalue weighted by Gasteiger charge is -2.04. The minimum atomic E-state index is -0.518. The Bertz CT molecular complexity index is 1010. The summed E-state index contributed by atoms with van der Waals surface area (Å²) in [5.74, 6) is -0.518. The van der Waals surface area contributed by atoms with Crippen molar-refractivity contribution in [2.45, 2.75) is 58.8 Å². The van der Waals surface area contributed by atoms with Gasteiger partial charge in [-0.25, -0.2) is 4.98 Å². The number of aromatic nitrogens is 4. The fraction of sp³-hybridized carbons (Fsp3) is 0.450. The maximum atomic E-state index is 12.6. The highest BCUT2D eigenvalue weighted by Gasteiger charge is 2.15. The predicted molar refractivity (Wildman–Crippen MR) is 111 cm³/mol. The number of pyridine rings is 1. The predicted octanol–water partition coefficient (Wildman–Crippen LogP) is 4.01. The van der Waals surface area contributed by atoms with Crippen LogP contribution in [0.3, 0.4) is 0 Å². The molecule has 8 heteroatoms. The van der Waals surface area contributed by atoms with Crippen molar-refractivity contribution >= 4 is 28.0 Å². The molecule has 0 unspecified atom stereocenters. The molecule has 0 aliphatic carbocycles. The van der Waals surface area contributed by atoms with E-state index in [1.165, 1.54) is 54.0 Å².